The van der Waals surface area contributed by atoms with Crippen molar-refractivity contribution in [3.8, 4) is 0 Å². The lowest BCUT2D eigenvalue weighted by Crippen LogP contribution is -2.34. The Morgan fingerprint density at radius 3 is 2.57 bits per heavy atom. The first-order valence-corrected chi connectivity index (χ1v) is 11.0. The van der Waals surface area contributed by atoms with Crippen LogP contribution in [0.15, 0.2) is 29.4 Å². The molecule has 0 bridgehead atoms. The second-order valence-electron chi connectivity index (χ2n) is 7.51. The molecule has 0 unspecified atom stereocenters. The maximum absolute atomic E-state index is 11.9. The molecule has 0 aliphatic carbocycles. The van der Waals surface area contributed by atoms with E-state index < -0.39 is 0 Å². The van der Waals surface area contributed by atoms with Crippen molar-refractivity contribution in [3.05, 3.63) is 40.5 Å². The smallest absolute Gasteiger partial charge is 0.259 e. The number of amides is 2. The normalized spacial score (nSPS) is 11.2. The summed E-state index contributed by atoms with van der Waals surface area (Å²) in [6.07, 6.45) is 9.97. The van der Waals surface area contributed by atoms with Crippen molar-refractivity contribution in [2.24, 2.45) is 5.10 Å². The molecule has 1 aromatic heterocycles. The highest BCUT2D eigenvalue weighted by Crippen LogP contribution is 2.20. The maximum Gasteiger partial charge on any atom is 0.259 e. The van der Waals surface area contributed by atoms with Gasteiger partial charge in [-0.3, -0.25) is 9.59 Å². The fourth-order valence-corrected chi connectivity index (χ4v) is 3.28. The molecule has 6 nitrogen and oxygen atoms in total. The number of carbonyl (C=O) groups is 2. The minimum Gasteiger partial charge on any atom is -0.347 e. The van der Waals surface area contributed by atoms with E-state index in [2.05, 4.69) is 27.8 Å². The lowest BCUT2D eigenvalue weighted by atomic mass is 10.1. The van der Waals surface area contributed by atoms with Gasteiger partial charge in [0.05, 0.1) is 18.3 Å². The summed E-state index contributed by atoms with van der Waals surface area (Å²) in [5.41, 5.74) is 4.92. The molecule has 0 radical (unpaired) electrons. The first-order chi connectivity index (χ1) is 14.5. The molecule has 0 saturated heterocycles. The minimum atomic E-state index is -0.389. The van der Waals surface area contributed by atoms with Gasteiger partial charge in [-0.15, -0.1) is 0 Å². The van der Waals surface area contributed by atoms with E-state index in [1.54, 1.807) is 0 Å². The Bertz CT molecular complexity index is 883. The summed E-state index contributed by atoms with van der Waals surface area (Å²) in [7, 11) is 0. The van der Waals surface area contributed by atoms with Crippen LogP contribution in [0.5, 0.6) is 0 Å². The van der Waals surface area contributed by atoms with E-state index in [-0.39, 0.29) is 18.4 Å². The molecule has 0 saturated carbocycles. The Balaban J connectivity index is 1.68. The van der Waals surface area contributed by atoms with Gasteiger partial charge in [0.25, 0.3) is 5.91 Å². The molecular weight excluding hydrogens is 400 g/mol. The third-order valence-electron chi connectivity index (χ3n) is 4.80. The zero-order chi connectivity index (χ0) is 21.8. The summed E-state index contributed by atoms with van der Waals surface area (Å²) >= 11 is 6.20. The fraction of sp³-hybridized carbons (Fsp3) is 0.478. The van der Waals surface area contributed by atoms with Crippen LogP contribution in [0.3, 0.4) is 0 Å². The number of fused-ring (bicyclic) bond motifs is 1. The lowest BCUT2D eigenvalue weighted by Gasteiger charge is -2.05. The van der Waals surface area contributed by atoms with E-state index in [1.165, 1.54) is 31.9 Å². The Morgan fingerprint density at radius 1 is 1.07 bits per heavy atom. The molecule has 2 aromatic rings. The fourth-order valence-electron chi connectivity index (χ4n) is 3.08. The topological polar surface area (TPSA) is 83.5 Å². The molecule has 162 valence electrons. The standard InChI is InChI=1S/C23H31ClN4O2/c1-3-4-5-6-7-8-9-10-21(29)25-16-22(30)28-26-15-19-14-18-12-11-17(2)13-20(18)27-23(19)24/h11-15H,3-10,16H2,1-2H3,(H,25,29)(H,28,30). The number of rotatable bonds is 12. The molecule has 2 amide bonds. The minimum absolute atomic E-state index is 0.102. The van der Waals surface area contributed by atoms with Crippen molar-refractivity contribution in [1.82, 2.24) is 15.7 Å². The maximum atomic E-state index is 11.9. The first kappa shape index (κ1) is 23.8. The van der Waals surface area contributed by atoms with Crippen LogP contribution in [0.1, 0.15) is 69.4 Å². The second-order valence-corrected chi connectivity index (χ2v) is 7.86. The van der Waals surface area contributed by atoms with E-state index in [9.17, 15) is 9.59 Å². The zero-order valence-corrected chi connectivity index (χ0v) is 18.6. The molecule has 30 heavy (non-hydrogen) atoms. The summed E-state index contributed by atoms with van der Waals surface area (Å²) in [6, 6.07) is 7.78. The van der Waals surface area contributed by atoms with Crippen molar-refractivity contribution in [3.63, 3.8) is 0 Å². The Labute approximate surface area is 183 Å². The SMILES string of the molecule is CCCCCCCCCC(=O)NCC(=O)NN=Cc1cc2ccc(C)cc2nc1Cl. The number of aromatic nitrogens is 1. The largest absolute Gasteiger partial charge is 0.347 e. The predicted octanol–water partition coefficient (Wildman–Crippen LogP) is 4.90. The highest BCUT2D eigenvalue weighted by Gasteiger charge is 2.06. The molecule has 0 fully saturated rings. The van der Waals surface area contributed by atoms with Gasteiger partial charge in [0.2, 0.25) is 5.91 Å². The third kappa shape index (κ3) is 8.49. The summed E-state index contributed by atoms with van der Waals surface area (Å²) in [6.45, 7) is 4.09. The van der Waals surface area contributed by atoms with E-state index in [4.69, 9.17) is 11.6 Å². The summed E-state index contributed by atoms with van der Waals surface area (Å²) in [5, 5.41) is 7.79. The monoisotopic (exact) mass is 430 g/mol. The molecule has 0 aliphatic heterocycles. The van der Waals surface area contributed by atoms with Crippen LogP contribution >= 0.6 is 11.6 Å². The number of nitrogens with one attached hydrogen (secondary N) is 2. The predicted molar refractivity (Wildman–Crippen MR) is 123 cm³/mol. The highest BCUT2D eigenvalue weighted by molar-refractivity contribution is 6.32. The molecule has 1 heterocycles. The molecule has 7 heteroatoms. The van der Waals surface area contributed by atoms with Gasteiger partial charge in [-0.1, -0.05) is 69.2 Å². The first-order valence-electron chi connectivity index (χ1n) is 10.6. The molecule has 0 atom stereocenters. The Kier molecular flexibility index (Phi) is 10.3. The van der Waals surface area contributed by atoms with Gasteiger partial charge < -0.3 is 5.32 Å². The van der Waals surface area contributed by atoms with Crippen molar-refractivity contribution in [2.75, 3.05) is 6.54 Å². The molecule has 2 rings (SSSR count). The number of halogens is 1. The van der Waals surface area contributed by atoms with Crippen LogP contribution < -0.4 is 10.7 Å². The van der Waals surface area contributed by atoms with Gasteiger partial charge in [-0.2, -0.15) is 5.10 Å². The molecule has 2 N–H and O–H groups in total. The second kappa shape index (κ2) is 13.0. The van der Waals surface area contributed by atoms with Gasteiger partial charge >= 0.3 is 0 Å². The number of unbranched alkanes of at least 4 members (excludes halogenated alkanes) is 6. The van der Waals surface area contributed by atoms with Gasteiger partial charge in [-0.25, -0.2) is 10.4 Å². The lowest BCUT2D eigenvalue weighted by molar-refractivity contribution is -0.126. The van der Waals surface area contributed by atoms with Gasteiger partial charge in [-0.05, 0) is 31.0 Å². The van der Waals surface area contributed by atoms with Gasteiger partial charge in [0.15, 0.2) is 0 Å². The van der Waals surface area contributed by atoms with Crippen molar-refractivity contribution >= 4 is 40.5 Å². The van der Waals surface area contributed by atoms with Crippen LogP contribution in [-0.4, -0.2) is 29.6 Å². The number of hydrazone groups is 1. The van der Waals surface area contributed by atoms with Crippen LogP contribution in [0.2, 0.25) is 5.15 Å². The van der Waals surface area contributed by atoms with Crippen molar-refractivity contribution in [2.45, 2.75) is 65.2 Å². The number of hydrogen-bond donors (Lipinski definition) is 2. The van der Waals surface area contributed by atoms with E-state index in [1.807, 2.05) is 31.2 Å². The number of benzene rings is 1. The van der Waals surface area contributed by atoms with E-state index in [0.29, 0.717) is 17.1 Å². The van der Waals surface area contributed by atoms with Crippen LogP contribution in [0.25, 0.3) is 10.9 Å². The number of pyridine rings is 1. The van der Waals surface area contributed by atoms with E-state index in [0.717, 1.165) is 35.7 Å². The van der Waals surface area contributed by atoms with Gasteiger partial charge in [0.1, 0.15) is 5.15 Å². The molecule has 0 spiro atoms. The van der Waals surface area contributed by atoms with Crippen molar-refractivity contribution < 1.29 is 9.59 Å². The number of aryl methyl sites for hydroxylation is 1. The summed E-state index contributed by atoms with van der Waals surface area (Å²) in [5.74, 6) is -0.501. The van der Waals surface area contributed by atoms with Crippen LogP contribution in [0.4, 0.5) is 0 Å². The summed E-state index contributed by atoms with van der Waals surface area (Å²) < 4.78 is 0. The Hall–Kier alpha value is -2.47. The van der Waals surface area contributed by atoms with Gasteiger partial charge in [0, 0.05) is 17.4 Å². The van der Waals surface area contributed by atoms with E-state index >= 15 is 0 Å². The van der Waals surface area contributed by atoms with Crippen molar-refractivity contribution in [1.29, 1.82) is 0 Å². The third-order valence-corrected chi connectivity index (χ3v) is 5.10. The molecule has 0 aliphatic rings. The summed E-state index contributed by atoms with van der Waals surface area (Å²) in [4.78, 5) is 28.0. The van der Waals surface area contributed by atoms with Crippen LogP contribution in [0, 0.1) is 6.92 Å². The van der Waals surface area contributed by atoms with Crippen LogP contribution in [-0.2, 0) is 9.59 Å². The average molecular weight is 431 g/mol. The molecule has 1 aromatic carbocycles. The number of nitrogens with zero attached hydrogens (tertiary/aromatic N) is 2. The highest BCUT2D eigenvalue weighted by atomic mass is 35.5. The zero-order valence-electron chi connectivity index (χ0n) is 17.8. The number of carbonyl (C=O) groups excluding carboxylic acids is 2. The Morgan fingerprint density at radius 2 is 1.80 bits per heavy atom. The molecular formula is C23H31ClN4O2. The average Bonchev–Trinajstić information content (AvgIpc) is 2.72. The number of hydrogen-bond acceptors (Lipinski definition) is 4. The quantitative estimate of drug-likeness (QED) is 0.217.